The van der Waals surface area contributed by atoms with Gasteiger partial charge in [-0.3, -0.25) is 37.3 Å². The first-order chi connectivity index (χ1) is 49.7. The number of aliphatic hydroxyl groups excluding tert-OH is 1. The minimum absolute atomic E-state index is 0.0135. The SMILES string of the molecule is CCCCC/C=C\C/C=C\C/C=C\C/C=C\CCCC(=O)OC[C@H](COP(=O)(O)OC[C@@H](O)COP(=O)(O)OC[C@@H](COC(=O)CCCCCCC/C=C\CCCCCC)OC(=O)CCC/C=C\C/C=C\C/C=C\C/C=C\CCCCC)OC(=O)CCCCCCC/C=C\C=C/CCCCCC. The quantitative estimate of drug-likeness (QED) is 0.0128. The Bertz CT molecular complexity index is 2460. The molecule has 0 aliphatic heterocycles. The Morgan fingerprint density at radius 2 is 0.520 bits per heavy atom. The van der Waals surface area contributed by atoms with Gasteiger partial charge in [-0.15, -0.1) is 0 Å². The van der Waals surface area contributed by atoms with E-state index in [4.69, 9.17) is 37.0 Å². The zero-order valence-corrected chi connectivity index (χ0v) is 65.5. The first kappa shape index (κ1) is 97.2. The molecule has 0 rings (SSSR count). The van der Waals surface area contributed by atoms with E-state index in [2.05, 4.69) is 137 Å². The molecule has 0 radical (unpaired) electrons. The van der Waals surface area contributed by atoms with Crippen LogP contribution in [-0.2, 0) is 65.4 Å². The van der Waals surface area contributed by atoms with E-state index in [0.29, 0.717) is 38.5 Å². The Balaban J connectivity index is 5.48. The number of ether oxygens (including phenoxy) is 4. The third-order valence-corrected chi connectivity index (χ3v) is 18.0. The minimum atomic E-state index is -5.00. The van der Waals surface area contributed by atoms with Gasteiger partial charge in [-0.25, -0.2) is 9.13 Å². The Kier molecular flexibility index (Phi) is 71.0. The van der Waals surface area contributed by atoms with E-state index in [1.807, 2.05) is 24.3 Å². The van der Waals surface area contributed by atoms with Crippen LogP contribution in [0, 0.1) is 0 Å². The fourth-order valence-electron chi connectivity index (χ4n) is 10.0. The lowest BCUT2D eigenvalue weighted by Crippen LogP contribution is -2.30. The van der Waals surface area contributed by atoms with Crippen molar-refractivity contribution in [3.05, 3.63) is 134 Å². The highest BCUT2D eigenvalue weighted by Crippen LogP contribution is 2.45. The number of hydrogen-bond acceptors (Lipinski definition) is 15. The average Bonchev–Trinajstić information content (AvgIpc) is 0.951. The lowest BCUT2D eigenvalue weighted by molar-refractivity contribution is -0.161. The van der Waals surface area contributed by atoms with Crippen molar-refractivity contribution in [3.63, 3.8) is 0 Å². The number of esters is 4. The van der Waals surface area contributed by atoms with Crippen molar-refractivity contribution in [2.75, 3.05) is 39.6 Å². The number of carbonyl (C=O) groups excluding carboxylic acids is 4. The molecule has 0 saturated heterocycles. The number of hydrogen-bond donors (Lipinski definition) is 3. The molecule has 0 aromatic carbocycles. The average molecular weight is 1470 g/mol. The number of phosphoric acid groups is 2. The van der Waals surface area contributed by atoms with Crippen molar-refractivity contribution in [2.45, 2.75) is 329 Å². The van der Waals surface area contributed by atoms with Crippen LogP contribution in [0.25, 0.3) is 0 Å². The number of unbranched alkanes of at least 4 members (excludes halogenated alkanes) is 26. The minimum Gasteiger partial charge on any atom is -0.462 e. The third-order valence-electron chi connectivity index (χ3n) is 16.1. The molecular weight excluding hydrogens is 1330 g/mol. The van der Waals surface area contributed by atoms with E-state index in [9.17, 15) is 43.2 Å². The van der Waals surface area contributed by atoms with Gasteiger partial charge in [0.25, 0.3) is 0 Å². The molecule has 102 heavy (non-hydrogen) atoms. The molecule has 3 N–H and O–H groups in total. The summed E-state index contributed by atoms with van der Waals surface area (Å²) in [6, 6.07) is 0. The summed E-state index contributed by atoms with van der Waals surface area (Å²) in [5.41, 5.74) is 0. The van der Waals surface area contributed by atoms with Gasteiger partial charge in [0, 0.05) is 25.7 Å². The van der Waals surface area contributed by atoms with Crippen LogP contribution in [0.15, 0.2) is 134 Å². The summed E-state index contributed by atoms with van der Waals surface area (Å²) in [6.45, 7) is 4.63. The molecule has 0 spiro atoms. The molecule has 0 fully saturated rings. The summed E-state index contributed by atoms with van der Waals surface area (Å²) in [5.74, 6) is -2.33. The van der Waals surface area contributed by atoms with Crippen LogP contribution in [0.2, 0.25) is 0 Å². The van der Waals surface area contributed by atoms with E-state index in [0.717, 1.165) is 128 Å². The maximum absolute atomic E-state index is 13.1. The Morgan fingerprint density at radius 3 is 0.873 bits per heavy atom. The van der Waals surface area contributed by atoms with E-state index in [1.54, 1.807) is 0 Å². The lowest BCUT2D eigenvalue weighted by Gasteiger charge is -2.21. The monoisotopic (exact) mass is 1470 g/mol. The van der Waals surface area contributed by atoms with Crippen molar-refractivity contribution < 1.29 is 80.2 Å². The predicted molar refractivity (Wildman–Crippen MR) is 418 cm³/mol. The van der Waals surface area contributed by atoms with Crippen molar-refractivity contribution in [1.29, 1.82) is 0 Å². The van der Waals surface area contributed by atoms with Crippen molar-refractivity contribution in [3.8, 4) is 0 Å². The van der Waals surface area contributed by atoms with Crippen molar-refractivity contribution in [1.82, 2.24) is 0 Å². The molecule has 584 valence electrons. The topological polar surface area (TPSA) is 237 Å². The Labute approximate surface area is 618 Å². The largest absolute Gasteiger partial charge is 0.472 e. The molecule has 0 aromatic rings. The fraction of sp³-hybridized carbons (Fsp3) is 0.687. The van der Waals surface area contributed by atoms with Crippen LogP contribution >= 0.6 is 15.6 Å². The third kappa shape index (κ3) is 73.5. The fourth-order valence-corrected chi connectivity index (χ4v) is 11.6. The summed E-state index contributed by atoms with van der Waals surface area (Å²) in [4.78, 5) is 72.9. The lowest BCUT2D eigenvalue weighted by atomic mass is 10.1. The van der Waals surface area contributed by atoms with Gasteiger partial charge >= 0.3 is 39.5 Å². The second-order valence-electron chi connectivity index (χ2n) is 26.0. The van der Waals surface area contributed by atoms with Gasteiger partial charge in [0.15, 0.2) is 12.2 Å². The molecule has 5 atom stereocenters. The number of rotatable bonds is 73. The Morgan fingerprint density at radius 1 is 0.284 bits per heavy atom. The molecule has 0 saturated carbocycles. The highest BCUT2D eigenvalue weighted by atomic mass is 31.2. The standard InChI is InChI=1S/C83H140O17P2/c1-5-9-13-17-21-25-29-33-36-38-41-44-48-52-56-60-64-68-81(86)94-74-79(99-82(87)69-65-61-57-53-49-45-40-35-31-27-23-19-15-11-7-3)76-98-102(91,92)96-72-77(84)71-95-101(89,90)97-75-78(73-93-80(85)67-63-59-55-51-47-43-32-28-24-20-16-12-8-4)100-83(88)70-66-62-58-54-50-46-42-39-37-34-30-26-22-18-14-10-6-2/h21-22,25-28,31-37,40-42,44,46,52,54,56,58,77-79,84H,5-20,23-24,29-30,38-39,43,45,47-51,53,55,57,59-76H2,1-4H3,(H,89,90)(H,91,92)/b25-21-,26-22-,31-27-,32-28-,36-33-,37-34-,40-35-,44-41-,46-42-,56-52-,58-54-/t77-,78+,79+/m0/s1. The van der Waals surface area contributed by atoms with Crippen LogP contribution in [0.3, 0.4) is 0 Å². The zero-order valence-electron chi connectivity index (χ0n) is 63.7. The molecule has 17 nitrogen and oxygen atoms in total. The van der Waals surface area contributed by atoms with Gasteiger partial charge in [0.05, 0.1) is 26.4 Å². The molecule has 0 aromatic heterocycles. The normalized spacial score (nSPS) is 14.6. The zero-order chi connectivity index (χ0) is 74.6. The molecule has 0 bridgehead atoms. The molecule has 0 aliphatic carbocycles. The summed E-state index contributed by atoms with van der Waals surface area (Å²) >= 11 is 0. The molecular formula is C83H140O17P2. The summed E-state index contributed by atoms with van der Waals surface area (Å²) in [5, 5.41) is 10.6. The number of allylic oxidation sites excluding steroid dienone is 22. The maximum atomic E-state index is 13.1. The van der Waals surface area contributed by atoms with Gasteiger partial charge in [-0.05, 0) is 154 Å². The van der Waals surface area contributed by atoms with Crippen LogP contribution < -0.4 is 0 Å². The van der Waals surface area contributed by atoms with Gasteiger partial charge in [0.2, 0.25) is 0 Å². The highest BCUT2D eigenvalue weighted by Gasteiger charge is 2.30. The Hall–Kier alpha value is -4.80. The summed E-state index contributed by atoms with van der Waals surface area (Å²) in [7, 11) is -10.00. The van der Waals surface area contributed by atoms with Crippen LogP contribution in [-0.4, -0.2) is 96.7 Å². The first-order valence-corrected chi connectivity index (χ1v) is 42.4. The number of aliphatic hydroxyl groups is 1. The van der Waals surface area contributed by atoms with E-state index < -0.39 is 97.5 Å². The number of carbonyl (C=O) groups is 4. The molecule has 2 unspecified atom stereocenters. The second-order valence-corrected chi connectivity index (χ2v) is 28.9. The molecule has 0 aliphatic rings. The van der Waals surface area contributed by atoms with Crippen molar-refractivity contribution >= 4 is 39.5 Å². The summed E-state index contributed by atoms with van der Waals surface area (Å²) < 4.78 is 68.4. The molecule has 19 heteroatoms. The van der Waals surface area contributed by atoms with Crippen LogP contribution in [0.5, 0.6) is 0 Å². The van der Waals surface area contributed by atoms with E-state index in [-0.39, 0.29) is 25.7 Å². The van der Waals surface area contributed by atoms with Gasteiger partial charge in [0.1, 0.15) is 19.3 Å². The number of phosphoric ester groups is 2. The second kappa shape index (κ2) is 74.5. The van der Waals surface area contributed by atoms with Crippen LogP contribution in [0.4, 0.5) is 0 Å². The predicted octanol–water partition coefficient (Wildman–Crippen LogP) is 22.9. The highest BCUT2D eigenvalue weighted by molar-refractivity contribution is 7.47. The van der Waals surface area contributed by atoms with E-state index >= 15 is 0 Å². The smallest absolute Gasteiger partial charge is 0.462 e. The molecule has 0 heterocycles. The van der Waals surface area contributed by atoms with Gasteiger partial charge < -0.3 is 33.8 Å². The van der Waals surface area contributed by atoms with E-state index in [1.165, 1.54) is 89.9 Å². The maximum Gasteiger partial charge on any atom is 0.472 e. The molecule has 0 amide bonds. The summed E-state index contributed by atoms with van der Waals surface area (Å²) in [6.07, 6.45) is 83.0. The first-order valence-electron chi connectivity index (χ1n) is 39.4. The van der Waals surface area contributed by atoms with Crippen molar-refractivity contribution in [2.24, 2.45) is 0 Å². The van der Waals surface area contributed by atoms with Gasteiger partial charge in [-0.1, -0.05) is 264 Å². The van der Waals surface area contributed by atoms with Crippen LogP contribution in [0.1, 0.15) is 310 Å². The van der Waals surface area contributed by atoms with Gasteiger partial charge in [-0.2, -0.15) is 0 Å².